The van der Waals surface area contributed by atoms with Gasteiger partial charge in [-0.2, -0.15) is 23.2 Å². The Labute approximate surface area is 194 Å². The van der Waals surface area contributed by atoms with Gasteiger partial charge in [-0.1, -0.05) is 0 Å². The van der Waals surface area contributed by atoms with E-state index in [1.807, 2.05) is 6.07 Å². The molecule has 34 heavy (non-hydrogen) atoms. The maximum absolute atomic E-state index is 13.0. The Balaban J connectivity index is 1.38. The fourth-order valence-electron chi connectivity index (χ4n) is 3.52. The summed E-state index contributed by atoms with van der Waals surface area (Å²) >= 11 is 0.839. The topological polar surface area (TPSA) is 124 Å². The third-order valence-corrected chi connectivity index (χ3v) is 6.16. The van der Waals surface area contributed by atoms with Crippen molar-refractivity contribution in [2.45, 2.75) is 25.6 Å². The van der Waals surface area contributed by atoms with Crippen LogP contribution in [0.15, 0.2) is 36.0 Å². The molecule has 0 bridgehead atoms. The molecule has 1 aliphatic heterocycles. The Morgan fingerprint density at radius 1 is 1.29 bits per heavy atom. The van der Waals surface area contributed by atoms with Crippen molar-refractivity contribution < 1.29 is 22.8 Å². The van der Waals surface area contributed by atoms with Crippen molar-refractivity contribution >= 4 is 34.7 Å². The summed E-state index contributed by atoms with van der Waals surface area (Å²) in [7, 11) is 0. The molecule has 0 saturated carbocycles. The molecule has 0 spiro atoms. The standard InChI is InChI=1S/C20H17F3N8O2S/c1-10-13(6-12(7-25-10)11-2-3-16-28-18(24)29-30(16)8-11)26-19(32)31-14(4-5-33-31)17-27-15(9-34-17)20(21,22)23/h2-3,6-9,14H,4-5H2,1H3,(H2,24,29)(H,26,32). The zero-order valence-electron chi connectivity index (χ0n) is 17.6. The number of carbonyl (C=O) groups excluding carboxylic acids is 1. The monoisotopic (exact) mass is 490 g/mol. The van der Waals surface area contributed by atoms with E-state index in [9.17, 15) is 18.0 Å². The predicted molar refractivity (Wildman–Crippen MR) is 117 cm³/mol. The number of nitrogens with one attached hydrogen (secondary N) is 1. The number of anilines is 2. The third-order valence-electron chi connectivity index (χ3n) is 5.21. The van der Waals surface area contributed by atoms with Crippen LogP contribution >= 0.6 is 11.3 Å². The zero-order chi connectivity index (χ0) is 24.0. The van der Waals surface area contributed by atoms with Gasteiger partial charge in [-0.15, -0.1) is 16.4 Å². The smallest absolute Gasteiger partial charge is 0.366 e. The van der Waals surface area contributed by atoms with E-state index in [4.69, 9.17) is 10.6 Å². The molecule has 2 amide bonds. The van der Waals surface area contributed by atoms with Crippen molar-refractivity contribution in [2.75, 3.05) is 17.7 Å². The second kappa shape index (κ2) is 8.22. The highest BCUT2D eigenvalue weighted by Gasteiger charge is 2.38. The second-order valence-corrected chi connectivity index (χ2v) is 8.40. The lowest BCUT2D eigenvalue weighted by molar-refractivity contribution is -0.141. The fourth-order valence-corrected chi connectivity index (χ4v) is 4.46. The highest BCUT2D eigenvalue weighted by atomic mass is 32.1. The molecule has 10 nitrogen and oxygen atoms in total. The van der Waals surface area contributed by atoms with E-state index in [2.05, 4.69) is 25.4 Å². The largest absolute Gasteiger partial charge is 0.434 e. The average Bonchev–Trinajstić information content (AvgIpc) is 3.52. The van der Waals surface area contributed by atoms with Gasteiger partial charge in [0.2, 0.25) is 5.95 Å². The van der Waals surface area contributed by atoms with Gasteiger partial charge in [0.15, 0.2) is 11.3 Å². The summed E-state index contributed by atoms with van der Waals surface area (Å²) in [6.07, 6.45) is -0.838. The lowest BCUT2D eigenvalue weighted by atomic mass is 10.1. The normalized spacial score (nSPS) is 16.4. The summed E-state index contributed by atoms with van der Waals surface area (Å²) in [5.41, 5.74) is 7.67. The van der Waals surface area contributed by atoms with E-state index in [1.165, 1.54) is 4.52 Å². The van der Waals surface area contributed by atoms with Crippen LogP contribution in [0.4, 0.5) is 29.6 Å². The van der Waals surface area contributed by atoms with Crippen LogP contribution in [0.2, 0.25) is 0 Å². The predicted octanol–water partition coefficient (Wildman–Crippen LogP) is 4.07. The number of nitrogens with zero attached hydrogens (tertiary/aromatic N) is 6. The maximum Gasteiger partial charge on any atom is 0.434 e. The Bertz CT molecular complexity index is 1390. The lowest BCUT2D eigenvalue weighted by Crippen LogP contribution is -2.33. The van der Waals surface area contributed by atoms with Gasteiger partial charge in [0.1, 0.15) is 11.0 Å². The number of hydroxylamine groups is 2. The van der Waals surface area contributed by atoms with Gasteiger partial charge in [-0.25, -0.2) is 14.3 Å². The molecule has 0 radical (unpaired) electrons. The summed E-state index contributed by atoms with van der Waals surface area (Å²) in [5.74, 6) is 0.148. The number of hydrogen-bond donors (Lipinski definition) is 2. The van der Waals surface area contributed by atoms with Gasteiger partial charge in [-0.3, -0.25) is 9.82 Å². The first kappa shape index (κ1) is 22.0. The van der Waals surface area contributed by atoms with Crippen molar-refractivity contribution in [3.63, 3.8) is 0 Å². The number of thiazole rings is 1. The van der Waals surface area contributed by atoms with Crippen LogP contribution in [0.25, 0.3) is 16.8 Å². The molecule has 176 valence electrons. The first-order valence-corrected chi connectivity index (χ1v) is 10.9. The number of amides is 2. The van der Waals surface area contributed by atoms with E-state index in [-0.39, 0.29) is 17.6 Å². The van der Waals surface area contributed by atoms with Crippen LogP contribution in [-0.2, 0) is 11.0 Å². The molecule has 1 unspecified atom stereocenters. The minimum Gasteiger partial charge on any atom is -0.366 e. The molecule has 4 aromatic heterocycles. The number of alkyl halides is 3. The number of fused-ring (bicyclic) bond motifs is 1. The van der Waals surface area contributed by atoms with Crippen LogP contribution in [0.1, 0.15) is 28.9 Å². The van der Waals surface area contributed by atoms with Gasteiger partial charge >= 0.3 is 12.2 Å². The molecule has 1 atom stereocenters. The third kappa shape index (κ3) is 4.12. The van der Waals surface area contributed by atoms with E-state index in [0.717, 1.165) is 27.3 Å². The molecule has 5 rings (SSSR count). The molecule has 1 fully saturated rings. The molecule has 4 aromatic rings. The van der Waals surface area contributed by atoms with E-state index >= 15 is 0 Å². The SMILES string of the molecule is Cc1ncc(-c2ccc3nc(N)nn3c2)cc1NC(=O)N1OCCC1c1nc(C(F)(F)F)cs1. The van der Waals surface area contributed by atoms with Gasteiger partial charge in [0.25, 0.3) is 0 Å². The number of rotatable bonds is 3. The summed E-state index contributed by atoms with van der Waals surface area (Å²) in [6.45, 7) is 1.90. The van der Waals surface area contributed by atoms with Crippen molar-refractivity contribution in [3.8, 4) is 11.1 Å². The number of carbonyl (C=O) groups is 1. The Kier molecular flexibility index (Phi) is 5.32. The summed E-state index contributed by atoms with van der Waals surface area (Å²) < 4.78 is 40.4. The fraction of sp³-hybridized carbons (Fsp3) is 0.250. The lowest BCUT2D eigenvalue weighted by Gasteiger charge is -2.22. The molecular formula is C20H17F3N8O2S. The number of pyridine rings is 2. The highest BCUT2D eigenvalue weighted by Crippen LogP contribution is 2.37. The van der Waals surface area contributed by atoms with Crippen LogP contribution in [0.5, 0.6) is 0 Å². The van der Waals surface area contributed by atoms with E-state index in [1.54, 1.807) is 31.5 Å². The minimum atomic E-state index is -4.55. The number of urea groups is 1. The molecule has 1 saturated heterocycles. The number of aryl methyl sites for hydroxylation is 1. The van der Waals surface area contributed by atoms with Crippen LogP contribution in [-0.4, -0.2) is 42.3 Å². The Morgan fingerprint density at radius 3 is 2.88 bits per heavy atom. The molecule has 0 aliphatic carbocycles. The summed E-state index contributed by atoms with van der Waals surface area (Å²) in [6, 6.07) is 3.95. The first-order valence-electron chi connectivity index (χ1n) is 10.0. The number of aromatic nitrogens is 5. The number of halogens is 3. The Hall–Kier alpha value is -3.78. The molecule has 3 N–H and O–H groups in total. The van der Waals surface area contributed by atoms with Crippen molar-refractivity contribution in [1.82, 2.24) is 29.6 Å². The molecule has 0 aromatic carbocycles. The van der Waals surface area contributed by atoms with Crippen molar-refractivity contribution in [2.24, 2.45) is 0 Å². The van der Waals surface area contributed by atoms with Gasteiger partial charge < -0.3 is 11.1 Å². The quantitative estimate of drug-likeness (QED) is 0.444. The average molecular weight is 490 g/mol. The number of nitrogen functional groups attached to an aromatic ring is 1. The summed E-state index contributed by atoms with van der Waals surface area (Å²) in [4.78, 5) is 30.5. The number of nitrogens with two attached hydrogens (primary N) is 1. The van der Waals surface area contributed by atoms with Crippen LogP contribution in [0.3, 0.4) is 0 Å². The van der Waals surface area contributed by atoms with Gasteiger partial charge in [0.05, 0.1) is 18.0 Å². The zero-order valence-corrected chi connectivity index (χ0v) is 18.4. The second-order valence-electron chi connectivity index (χ2n) is 7.51. The van der Waals surface area contributed by atoms with Gasteiger partial charge in [0, 0.05) is 35.3 Å². The molecular weight excluding hydrogens is 473 g/mol. The summed E-state index contributed by atoms with van der Waals surface area (Å²) in [5, 5.41) is 8.94. The number of hydrogen-bond acceptors (Lipinski definition) is 8. The van der Waals surface area contributed by atoms with E-state index < -0.39 is 23.9 Å². The minimum absolute atomic E-state index is 0.148. The molecule has 14 heteroatoms. The van der Waals surface area contributed by atoms with Crippen LogP contribution in [0, 0.1) is 6.92 Å². The molecule has 5 heterocycles. The Morgan fingerprint density at radius 2 is 2.12 bits per heavy atom. The van der Waals surface area contributed by atoms with Crippen molar-refractivity contribution in [3.05, 3.63) is 52.4 Å². The van der Waals surface area contributed by atoms with Gasteiger partial charge in [-0.05, 0) is 25.1 Å². The highest BCUT2D eigenvalue weighted by molar-refractivity contribution is 7.09. The van der Waals surface area contributed by atoms with E-state index in [0.29, 0.717) is 29.0 Å². The maximum atomic E-state index is 13.0. The first-order chi connectivity index (χ1) is 16.2. The van der Waals surface area contributed by atoms with Crippen LogP contribution < -0.4 is 11.1 Å². The molecule has 1 aliphatic rings. The van der Waals surface area contributed by atoms with Crippen molar-refractivity contribution in [1.29, 1.82) is 0 Å².